The molecule has 0 saturated carbocycles. The first-order valence-corrected chi connectivity index (χ1v) is 7.24. The van der Waals surface area contributed by atoms with Crippen LogP contribution in [0.3, 0.4) is 0 Å². The average molecular weight is 304 g/mol. The fourth-order valence-electron chi connectivity index (χ4n) is 2.49. The smallest absolute Gasteiger partial charge is 0.277 e. The Bertz CT molecular complexity index is 658. The van der Waals surface area contributed by atoms with Crippen molar-refractivity contribution in [2.75, 3.05) is 6.54 Å². The lowest BCUT2D eigenvalue weighted by atomic mass is 10.1. The number of aryl methyl sites for hydroxylation is 1. The molecule has 118 valence electrons. The number of rotatable bonds is 3. The molecule has 1 fully saturated rings. The summed E-state index contributed by atoms with van der Waals surface area (Å²) in [6.07, 6.45) is 3.25. The molecule has 0 bridgehead atoms. The van der Waals surface area contributed by atoms with E-state index in [2.05, 4.69) is 10.3 Å². The van der Waals surface area contributed by atoms with Crippen molar-refractivity contribution in [2.24, 2.45) is 0 Å². The normalized spacial score (nSPS) is 17.3. The van der Waals surface area contributed by atoms with Gasteiger partial charge in [-0.2, -0.15) is 0 Å². The molecule has 1 aliphatic rings. The lowest BCUT2D eigenvalue weighted by molar-refractivity contribution is -0.147. The number of nitrogens with one attached hydrogen (secondary N) is 1. The van der Waals surface area contributed by atoms with Gasteiger partial charge in [-0.1, -0.05) is 13.8 Å². The van der Waals surface area contributed by atoms with Gasteiger partial charge in [-0.25, -0.2) is 4.98 Å². The first kappa shape index (κ1) is 15.9. The monoisotopic (exact) mass is 304 g/mol. The topological polar surface area (TPSA) is 84.3 Å². The summed E-state index contributed by atoms with van der Waals surface area (Å²) in [5, 5.41) is 2.52. The Kier molecular flexibility index (Phi) is 4.44. The lowest BCUT2D eigenvalue weighted by Gasteiger charge is -2.25. The fraction of sp³-hybridized carbons (Fsp3) is 0.467. The third-order valence-corrected chi connectivity index (χ3v) is 3.51. The molecule has 7 heteroatoms. The Morgan fingerprint density at radius 3 is 2.68 bits per heavy atom. The highest BCUT2D eigenvalue weighted by atomic mass is 16.2. The van der Waals surface area contributed by atoms with Gasteiger partial charge in [0.2, 0.25) is 11.8 Å². The van der Waals surface area contributed by atoms with Crippen LogP contribution in [0.5, 0.6) is 0 Å². The van der Waals surface area contributed by atoms with Crippen LogP contribution in [0.4, 0.5) is 0 Å². The number of amides is 3. The van der Waals surface area contributed by atoms with Crippen LogP contribution in [0.1, 0.15) is 45.0 Å². The Labute approximate surface area is 129 Å². The van der Waals surface area contributed by atoms with Crippen LogP contribution < -0.4 is 5.32 Å². The van der Waals surface area contributed by atoms with Crippen LogP contribution in [-0.4, -0.2) is 38.7 Å². The fourth-order valence-corrected chi connectivity index (χ4v) is 2.49. The van der Waals surface area contributed by atoms with Crippen molar-refractivity contribution < 1.29 is 14.4 Å². The number of hydrogen-bond acceptors (Lipinski definition) is 4. The Morgan fingerprint density at radius 1 is 1.45 bits per heavy atom. The minimum Gasteiger partial charge on any atom is -0.334 e. The van der Waals surface area contributed by atoms with E-state index in [-0.39, 0.29) is 24.1 Å². The summed E-state index contributed by atoms with van der Waals surface area (Å²) in [6, 6.07) is 0. The molecule has 1 aliphatic heterocycles. The van der Waals surface area contributed by atoms with Gasteiger partial charge >= 0.3 is 0 Å². The number of nitrogens with zero attached hydrogens (tertiary/aromatic N) is 3. The lowest BCUT2D eigenvalue weighted by Crippen LogP contribution is -2.51. The highest BCUT2D eigenvalue weighted by molar-refractivity contribution is 6.12. The van der Waals surface area contributed by atoms with Gasteiger partial charge in [0.05, 0.1) is 12.0 Å². The number of piperazine rings is 1. The molecular formula is C15H20N4O3. The van der Waals surface area contributed by atoms with Crippen LogP contribution in [-0.2, 0) is 20.9 Å². The molecule has 0 atom stereocenters. The summed E-state index contributed by atoms with van der Waals surface area (Å²) in [5.74, 6) is -1.13. The second kappa shape index (κ2) is 6.13. The number of imidazole rings is 1. The number of carbonyl (C=O) groups is 3. The molecular weight excluding hydrogens is 284 g/mol. The van der Waals surface area contributed by atoms with E-state index in [1.54, 1.807) is 6.33 Å². The van der Waals surface area contributed by atoms with Gasteiger partial charge in [0.25, 0.3) is 5.91 Å². The van der Waals surface area contributed by atoms with E-state index in [1.807, 2.05) is 25.3 Å². The van der Waals surface area contributed by atoms with E-state index < -0.39 is 11.8 Å². The van der Waals surface area contributed by atoms with E-state index in [4.69, 9.17) is 0 Å². The zero-order valence-corrected chi connectivity index (χ0v) is 13.2. The third-order valence-electron chi connectivity index (χ3n) is 3.51. The molecule has 0 aromatic carbocycles. The summed E-state index contributed by atoms with van der Waals surface area (Å²) >= 11 is 0. The predicted octanol–water partition coefficient (Wildman–Crippen LogP) is 0.872. The van der Waals surface area contributed by atoms with Crippen molar-refractivity contribution in [3.63, 3.8) is 0 Å². The minimum absolute atomic E-state index is 0.0784. The summed E-state index contributed by atoms with van der Waals surface area (Å²) < 4.78 is 1.99. The zero-order valence-electron chi connectivity index (χ0n) is 13.2. The van der Waals surface area contributed by atoms with E-state index in [9.17, 15) is 14.4 Å². The number of aromatic nitrogens is 2. The summed E-state index contributed by atoms with van der Waals surface area (Å²) in [6.45, 7) is 7.87. The van der Waals surface area contributed by atoms with Crippen molar-refractivity contribution in [1.29, 1.82) is 0 Å². The van der Waals surface area contributed by atoms with Gasteiger partial charge < -0.3 is 9.88 Å². The molecule has 2 heterocycles. The molecule has 2 rings (SSSR count). The highest BCUT2D eigenvalue weighted by Crippen LogP contribution is 2.21. The van der Waals surface area contributed by atoms with Crippen molar-refractivity contribution >= 4 is 23.8 Å². The number of hydrogen-bond donors (Lipinski definition) is 1. The number of carbonyl (C=O) groups excluding carboxylic acids is 3. The van der Waals surface area contributed by atoms with Crippen molar-refractivity contribution in [2.45, 2.75) is 40.2 Å². The molecule has 1 N–H and O–H groups in total. The van der Waals surface area contributed by atoms with Crippen molar-refractivity contribution in [3.8, 4) is 0 Å². The summed E-state index contributed by atoms with van der Waals surface area (Å²) in [7, 11) is 0. The molecule has 1 saturated heterocycles. The van der Waals surface area contributed by atoms with Gasteiger partial charge in [-0.15, -0.1) is 0 Å². The maximum Gasteiger partial charge on any atom is 0.277 e. The third kappa shape index (κ3) is 2.93. The molecule has 0 unspecified atom stereocenters. The Morgan fingerprint density at radius 2 is 2.14 bits per heavy atom. The maximum atomic E-state index is 12.3. The van der Waals surface area contributed by atoms with Crippen LogP contribution in [0.25, 0.3) is 6.08 Å². The summed E-state index contributed by atoms with van der Waals surface area (Å²) in [5.41, 5.74) is 1.69. The molecule has 0 radical (unpaired) electrons. The molecule has 1 aromatic rings. The quantitative estimate of drug-likeness (QED) is 0.840. The van der Waals surface area contributed by atoms with Gasteiger partial charge in [0, 0.05) is 19.2 Å². The van der Waals surface area contributed by atoms with Gasteiger partial charge in [-0.3, -0.25) is 19.3 Å². The van der Waals surface area contributed by atoms with Crippen LogP contribution in [0.2, 0.25) is 0 Å². The largest absolute Gasteiger partial charge is 0.334 e. The van der Waals surface area contributed by atoms with Crippen molar-refractivity contribution in [1.82, 2.24) is 19.8 Å². The first-order chi connectivity index (χ1) is 10.3. The SMILES string of the molecule is CCn1cnc(C=C2NC(=O)CN(C(C)=O)C2=O)c1C(C)C. The second-order valence-corrected chi connectivity index (χ2v) is 5.47. The van der Waals surface area contributed by atoms with Crippen LogP contribution >= 0.6 is 0 Å². The molecule has 0 aliphatic carbocycles. The van der Waals surface area contributed by atoms with Gasteiger partial charge in [0.1, 0.15) is 12.2 Å². The van der Waals surface area contributed by atoms with Gasteiger partial charge in [-0.05, 0) is 18.9 Å². The van der Waals surface area contributed by atoms with E-state index in [1.165, 1.54) is 13.0 Å². The Balaban J connectivity index is 2.44. The van der Waals surface area contributed by atoms with Crippen LogP contribution in [0, 0.1) is 0 Å². The minimum atomic E-state index is -0.507. The first-order valence-electron chi connectivity index (χ1n) is 7.24. The Hall–Kier alpha value is -2.44. The predicted molar refractivity (Wildman–Crippen MR) is 80.5 cm³/mol. The van der Waals surface area contributed by atoms with E-state index in [0.29, 0.717) is 5.69 Å². The van der Waals surface area contributed by atoms with Gasteiger partial charge in [0.15, 0.2) is 0 Å². The number of imide groups is 1. The van der Waals surface area contributed by atoms with E-state index >= 15 is 0 Å². The maximum absolute atomic E-state index is 12.3. The standard InChI is InChI=1S/C15H20N4O3/c1-5-18-8-16-11(14(18)9(2)3)6-12-15(22)19(10(4)20)7-13(21)17-12/h6,8-9H,5,7H2,1-4H3,(H,17,21). The average Bonchev–Trinajstić information content (AvgIpc) is 2.85. The molecule has 22 heavy (non-hydrogen) atoms. The molecule has 0 spiro atoms. The molecule has 1 aromatic heterocycles. The second-order valence-electron chi connectivity index (χ2n) is 5.47. The van der Waals surface area contributed by atoms with Crippen LogP contribution in [0.15, 0.2) is 12.0 Å². The zero-order chi connectivity index (χ0) is 16.4. The van der Waals surface area contributed by atoms with Crippen molar-refractivity contribution in [3.05, 3.63) is 23.4 Å². The summed E-state index contributed by atoms with van der Waals surface area (Å²) in [4.78, 5) is 40.6. The molecule has 3 amide bonds. The molecule has 7 nitrogen and oxygen atoms in total. The van der Waals surface area contributed by atoms with E-state index in [0.717, 1.165) is 17.1 Å². The highest BCUT2D eigenvalue weighted by Gasteiger charge is 2.31.